The molecular weight excluding hydrogens is 470 g/mol. The van der Waals surface area contributed by atoms with Crippen LogP contribution in [0.15, 0.2) is 53.7 Å². The predicted molar refractivity (Wildman–Crippen MR) is 121 cm³/mol. The number of hydrogen-bond acceptors (Lipinski definition) is 3. The van der Waals surface area contributed by atoms with E-state index in [1.807, 2.05) is 41.8 Å². The lowest BCUT2D eigenvalue weighted by atomic mass is 10.1. The molecule has 0 aliphatic carbocycles. The number of aliphatic imine (C=N–C) groups is 1. The van der Waals surface area contributed by atoms with Crippen molar-refractivity contribution in [3.63, 3.8) is 0 Å². The molecule has 6 nitrogen and oxygen atoms in total. The fourth-order valence-electron chi connectivity index (χ4n) is 2.85. The smallest absolute Gasteiger partial charge is 0.191 e. The summed E-state index contributed by atoms with van der Waals surface area (Å²) in [5.74, 6) is 1.53. The van der Waals surface area contributed by atoms with Crippen molar-refractivity contribution in [2.24, 2.45) is 4.99 Å². The van der Waals surface area contributed by atoms with Crippen molar-refractivity contribution in [3.05, 3.63) is 65.9 Å². The van der Waals surface area contributed by atoms with Crippen LogP contribution in [0.3, 0.4) is 0 Å². The summed E-state index contributed by atoms with van der Waals surface area (Å²) >= 11 is 0. The zero-order valence-corrected chi connectivity index (χ0v) is 18.3. The molecule has 1 aromatic carbocycles. The molecule has 0 aliphatic rings. The molecule has 0 unspecified atom stereocenters. The van der Waals surface area contributed by atoms with E-state index in [1.165, 1.54) is 6.07 Å². The molecule has 0 amide bonds. The van der Waals surface area contributed by atoms with Gasteiger partial charge in [0.05, 0.1) is 0 Å². The Morgan fingerprint density at radius 1 is 1.11 bits per heavy atom. The molecule has 0 saturated heterocycles. The van der Waals surface area contributed by atoms with Crippen LogP contribution in [-0.4, -0.2) is 40.2 Å². The van der Waals surface area contributed by atoms with Crippen LogP contribution in [0.5, 0.6) is 0 Å². The number of nitrogens with one attached hydrogen (secondary N) is 2. The minimum Gasteiger partial charge on any atom is -0.357 e. The van der Waals surface area contributed by atoms with Crippen molar-refractivity contribution in [2.75, 3.05) is 19.6 Å². The molecule has 28 heavy (non-hydrogen) atoms. The van der Waals surface area contributed by atoms with Crippen molar-refractivity contribution in [1.29, 1.82) is 0 Å². The molecule has 0 spiro atoms. The molecule has 2 heterocycles. The van der Waals surface area contributed by atoms with Gasteiger partial charge in [-0.3, -0.25) is 9.39 Å². The Morgan fingerprint density at radius 2 is 2.00 bits per heavy atom. The second-order valence-corrected chi connectivity index (χ2v) is 6.22. The van der Waals surface area contributed by atoms with Crippen LogP contribution in [0.4, 0.5) is 4.39 Å². The Bertz CT molecular complexity index is 895. The number of halogens is 2. The highest BCUT2D eigenvalue weighted by Gasteiger charge is 2.04. The van der Waals surface area contributed by atoms with Crippen LogP contribution >= 0.6 is 24.0 Å². The van der Waals surface area contributed by atoms with Gasteiger partial charge in [-0.1, -0.05) is 18.2 Å². The average Bonchev–Trinajstić information content (AvgIpc) is 3.08. The maximum Gasteiger partial charge on any atom is 0.191 e. The van der Waals surface area contributed by atoms with E-state index in [0.717, 1.165) is 48.8 Å². The number of pyridine rings is 1. The van der Waals surface area contributed by atoms with E-state index < -0.39 is 0 Å². The molecule has 3 rings (SSSR count). The third kappa shape index (κ3) is 6.43. The molecule has 2 N–H and O–H groups in total. The summed E-state index contributed by atoms with van der Waals surface area (Å²) in [7, 11) is 0. The number of aromatic nitrogens is 3. The van der Waals surface area contributed by atoms with Crippen LogP contribution in [0.2, 0.25) is 0 Å². The summed E-state index contributed by atoms with van der Waals surface area (Å²) in [5, 5.41) is 14.9. The monoisotopic (exact) mass is 496 g/mol. The highest BCUT2D eigenvalue weighted by Crippen LogP contribution is 2.05. The second-order valence-electron chi connectivity index (χ2n) is 6.22. The Hall–Kier alpha value is -2.23. The first-order valence-electron chi connectivity index (χ1n) is 9.31. The molecule has 0 bridgehead atoms. The van der Waals surface area contributed by atoms with E-state index in [0.29, 0.717) is 13.1 Å². The third-order valence-electron chi connectivity index (χ3n) is 4.15. The van der Waals surface area contributed by atoms with Gasteiger partial charge in [-0.25, -0.2) is 4.39 Å². The standard InChI is InChI=1S/C20H25FN6.HI/c1-2-22-20(24-13-11-16-7-5-8-17(21)15-16)23-12-6-10-19-26-25-18-9-3-4-14-27(18)19;/h3-5,7-9,14-15H,2,6,10-13H2,1H3,(H2,22,23,24);1H. The summed E-state index contributed by atoms with van der Waals surface area (Å²) in [6.07, 6.45) is 4.42. The molecule has 0 saturated carbocycles. The van der Waals surface area contributed by atoms with Crippen molar-refractivity contribution >= 4 is 35.6 Å². The molecule has 0 aliphatic heterocycles. The van der Waals surface area contributed by atoms with Gasteiger partial charge in [-0.05, 0) is 49.6 Å². The van der Waals surface area contributed by atoms with Crippen LogP contribution in [0.1, 0.15) is 24.7 Å². The number of guanidine groups is 1. The van der Waals surface area contributed by atoms with Crippen molar-refractivity contribution in [1.82, 2.24) is 25.2 Å². The zero-order valence-electron chi connectivity index (χ0n) is 15.9. The quantitative estimate of drug-likeness (QED) is 0.218. The minimum absolute atomic E-state index is 0. The predicted octanol–water partition coefficient (Wildman–Crippen LogP) is 3.22. The summed E-state index contributed by atoms with van der Waals surface area (Å²) in [6.45, 7) is 4.22. The zero-order chi connectivity index (χ0) is 18.9. The van der Waals surface area contributed by atoms with Crippen LogP contribution in [0.25, 0.3) is 5.65 Å². The molecule has 2 aromatic heterocycles. The van der Waals surface area contributed by atoms with E-state index in [1.54, 1.807) is 12.1 Å². The van der Waals surface area contributed by atoms with Gasteiger partial charge in [0, 0.05) is 32.3 Å². The van der Waals surface area contributed by atoms with Gasteiger partial charge >= 0.3 is 0 Å². The van der Waals surface area contributed by atoms with Crippen LogP contribution < -0.4 is 10.6 Å². The summed E-state index contributed by atoms with van der Waals surface area (Å²) in [4.78, 5) is 4.60. The van der Waals surface area contributed by atoms with Gasteiger partial charge in [0.1, 0.15) is 11.6 Å². The minimum atomic E-state index is -0.200. The molecule has 0 radical (unpaired) electrons. The highest BCUT2D eigenvalue weighted by molar-refractivity contribution is 14.0. The molecule has 0 fully saturated rings. The molecule has 150 valence electrons. The molecule has 0 atom stereocenters. The number of fused-ring (bicyclic) bond motifs is 1. The summed E-state index contributed by atoms with van der Waals surface area (Å²) < 4.78 is 15.2. The van der Waals surface area contributed by atoms with E-state index in [-0.39, 0.29) is 29.8 Å². The summed E-state index contributed by atoms with van der Waals surface area (Å²) in [6, 6.07) is 12.6. The fraction of sp³-hybridized carbons (Fsp3) is 0.350. The largest absolute Gasteiger partial charge is 0.357 e. The molecule has 3 aromatic rings. The molecule has 8 heteroatoms. The first kappa shape index (κ1) is 22.1. The lowest BCUT2D eigenvalue weighted by Crippen LogP contribution is -2.38. The topological polar surface area (TPSA) is 66.6 Å². The Morgan fingerprint density at radius 3 is 2.82 bits per heavy atom. The Kier molecular flexibility index (Phi) is 9.12. The normalized spacial score (nSPS) is 11.3. The first-order chi connectivity index (χ1) is 13.3. The van der Waals surface area contributed by atoms with Gasteiger partial charge in [0.25, 0.3) is 0 Å². The van der Waals surface area contributed by atoms with Gasteiger partial charge in [0.15, 0.2) is 11.6 Å². The van der Waals surface area contributed by atoms with E-state index in [9.17, 15) is 4.39 Å². The maximum atomic E-state index is 13.2. The number of hydrogen-bond donors (Lipinski definition) is 2. The van der Waals surface area contributed by atoms with Crippen molar-refractivity contribution < 1.29 is 4.39 Å². The lowest BCUT2D eigenvalue weighted by molar-refractivity contribution is 0.625. The van der Waals surface area contributed by atoms with Gasteiger partial charge < -0.3 is 10.6 Å². The number of rotatable bonds is 8. The van der Waals surface area contributed by atoms with Gasteiger partial charge in [0.2, 0.25) is 0 Å². The second kappa shape index (κ2) is 11.6. The van der Waals surface area contributed by atoms with Crippen molar-refractivity contribution in [2.45, 2.75) is 26.2 Å². The summed E-state index contributed by atoms with van der Waals surface area (Å²) in [5.41, 5.74) is 1.83. The fourth-order valence-corrected chi connectivity index (χ4v) is 2.85. The van der Waals surface area contributed by atoms with E-state index in [2.05, 4.69) is 25.8 Å². The average molecular weight is 496 g/mol. The third-order valence-corrected chi connectivity index (χ3v) is 4.15. The SMILES string of the molecule is CCNC(=NCCCc1nnc2ccccn12)NCCc1cccc(F)c1.I. The highest BCUT2D eigenvalue weighted by atomic mass is 127. The van der Waals surface area contributed by atoms with E-state index >= 15 is 0 Å². The molecular formula is C20H26FIN6. The Balaban J connectivity index is 0.00000280. The van der Waals surface area contributed by atoms with Gasteiger partial charge in [-0.2, -0.15) is 0 Å². The van der Waals surface area contributed by atoms with Crippen molar-refractivity contribution in [3.8, 4) is 0 Å². The maximum absolute atomic E-state index is 13.2. The van der Waals surface area contributed by atoms with Crippen LogP contribution in [-0.2, 0) is 12.8 Å². The Labute approximate surface area is 181 Å². The van der Waals surface area contributed by atoms with Crippen LogP contribution in [0, 0.1) is 5.82 Å². The van der Waals surface area contributed by atoms with E-state index in [4.69, 9.17) is 0 Å². The number of nitrogens with zero attached hydrogens (tertiary/aromatic N) is 4. The first-order valence-corrected chi connectivity index (χ1v) is 9.31. The lowest BCUT2D eigenvalue weighted by Gasteiger charge is -2.11. The van der Waals surface area contributed by atoms with Gasteiger partial charge in [-0.15, -0.1) is 34.2 Å². The number of aryl methyl sites for hydroxylation is 1. The number of benzene rings is 1.